The highest BCUT2D eigenvalue weighted by molar-refractivity contribution is 7.99. The predicted octanol–water partition coefficient (Wildman–Crippen LogP) is 4.50. The summed E-state index contributed by atoms with van der Waals surface area (Å²) < 4.78 is 5.56. The Morgan fingerprint density at radius 3 is 2.60 bits per heavy atom. The second-order valence-corrected chi connectivity index (χ2v) is 7.70. The van der Waals surface area contributed by atoms with Gasteiger partial charge in [-0.1, -0.05) is 30.0 Å². The third kappa shape index (κ3) is 4.70. The molecular formula is C19H13N5O4S2. The average Bonchev–Trinajstić information content (AvgIpc) is 3.43. The lowest BCUT2D eigenvalue weighted by atomic mass is 10.1. The number of nitrogens with one attached hydrogen (secondary N) is 1. The monoisotopic (exact) mass is 439 g/mol. The van der Waals surface area contributed by atoms with Gasteiger partial charge in [-0.05, 0) is 24.3 Å². The molecule has 2 heterocycles. The number of hydrogen-bond acceptors (Lipinski definition) is 9. The fourth-order valence-electron chi connectivity index (χ4n) is 2.47. The van der Waals surface area contributed by atoms with Gasteiger partial charge in [0.1, 0.15) is 0 Å². The molecule has 0 aliphatic heterocycles. The summed E-state index contributed by atoms with van der Waals surface area (Å²) in [5, 5.41) is 23.9. The zero-order valence-electron chi connectivity index (χ0n) is 15.2. The van der Waals surface area contributed by atoms with Crippen molar-refractivity contribution in [1.29, 1.82) is 0 Å². The third-order valence-corrected chi connectivity index (χ3v) is 5.45. The fraction of sp³-hybridized carbons (Fsp3) is 0.0526. The maximum atomic E-state index is 12.2. The van der Waals surface area contributed by atoms with Crippen LogP contribution >= 0.6 is 23.1 Å². The van der Waals surface area contributed by atoms with E-state index in [0.717, 1.165) is 22.9 Å². The number of amides is 1. The number of nitrogens with zero attached hydrogens (tertiary/aromatic N) is 4. The van der Waals surface area contributed by atoms with Crippen LogP contribution in [-0.4, -0.2) is 31.8 Å². The minimum atomic E-state index is -0.458. The predicted molar refractivity (Wildman–Crippen MR) is 113 cm³/mol. The number of carbonyl (C=O) groups excluding carboxylic acids is 1. The Kier molecular flexibility index (Phi) is 5.82. The summed E-state index contributed by atoms with van der Waals surface area (Å²) in [6.07, 6.45) is 0. The maximum Gasteiger partial charge on any atom is 0.277 e. The van der Waals surface area contributed by atoms with Gasteiger partial charge in [-0.25, -0.2) is 4.98 Å². The number of hydrogen-bond donors (Lipinski definition) is 1. The SMILES string of the molecule is O=C(CSc1nnc(-c2ccccc2)o1)Nc1nc(-c2ccc([N+](=O)[O-])cc2)cs1. The van der Waals surface area contributed by atoms with Gasteiger partial charge < -0.3 is 9.73 Å². The van der Waals surface area contributed by atoms with E-state index in [0.29, 0.717) is 21.9 Å². The molecule has 0 aliphatic rings. The van der Waals surface area contributed by atoms with Crippen LogP contribution in [0.4, 0.5) is 10.8 Å². The molecule has 0 radical (unpaired) electrons. The molecule has 0 bridgehead atoms. The van der Waals surface area contributed by atoms with Crippen LogP contribution in [-0.2, 0) is 4.79 Å². The standard InChI is InChI=1S/C19H13N5O4S2/c25-16(11-30-19-23-22-17(28-19)13-4-2-1-3-5-13)21-18-20-15(10-29-18)12-6-8-14(9-7-12)24(26)27/h1-10H,11H2,(H,20,21,25). The van der Waals surface area contributed by atoms with Gasteiger partial charge in [0.25, 0.3) is 10.9 Å². The Bertz CT molecular complexity index is 1180. The third-order valence-electron chi connectivity index (χ3n) is 3.88. The van der Waals surface area contributed by atoms with E-state index in [2.05, 4.69) is 20.5 Å². The number of thiazole rings is 1. The van der Waals surface area contributed by atoms with Crippen molar-refractivity contribution in [2.75, 3.05) is 11.1 Å². The molecule has 0 fully saturated rings. The van der Waals surface area contributed by atoms with E-state index in [1.54, 1.807) is 17.5 Å². The van der Waals surface area contributed by atoms with E-state index < -0.39 is 4.92 Å². The number of nitro groups is 1. The van der Waals surface area contributed by atoms with Crippen molar-refractivity contribution in [3.05, 3.63) is 70.1 Å². The zero-order valence-corrected chi connectivity index (χ0v) is 16.9. The van der Waals surface area contributed by atoms with E-state index in [4.69, 9.17) is 4.42 Å². The van der Waals surface area contributed by atoms with E-state index in [1.807, 2.05) is 30.3 Å². The van der Waals surface area contributed by atoms with Crippen molar-refractivity contribution in [3.8, 4) is 22.7 Å². The van der Waals surface area contributed by atoms with Gasteiger partial charge in [-0.15, -0.1) is 21.5 Å². The van der Waals surface area contributed by atoms with Crippen LogP contribution in [0.1, 0.15) is 0 Å². The summed E-state index contributed by atoms with van der Waals surface area (Å²) in [6, 6.07) is 15.4. The molecule has 11 heteroatoms. The van der Waals surface area contributed by atoms with Gasteiger partial charge in [0, 0.05) is 28.6 Å². The lowest BCUT2D eigenvalue weighted by molar-refractivity contribution is -0.384. The fourth-order valence-corrected chi connectivity index (χ4v) is 3.76. The molecule has 1 amide bonds. The van der Waals surface area contributed by atoms with E-state index in [9.17, 15) is 14.9 Å². The van der Waals surface area contributed by atoms with Crippen molar-refractivity contribution in [2.24, 2.45) is 0 Å². The van der Waals surface area contributed by atoms with Crippen molar-refractivity contribution in [1.82, 2.24) is 15.2 Å². The second kappa shape index (κ2) is 8.84. The molecule has 0 saturated carbocycles. The van der Waals surface area contributed by atoms with Crippen molar-refractivity contribution < 1.29 is 14.1 Å². The molecule has 150 valence electrons. The molecular weight excluding hydrogens is 426 g/mol. The van der Waals surface area contributed by atoms with Crippen LogP contribution in [0.3, 0.4) is 0 Å². The van der Waals surface area contributed by atoms with Crippen molar-refractivity contribution >= 4 is 39.8 Å². The van der Waals surface area contributed by atoms with Crippen LogP contribution in [0.25, 0.3) is 22.7 Å². The number of rotatable bonds is 7. The number of anilines is 1. The Morgan fingerprint density at radius 2 is 1.87 bits per heavy atom. The van der Waals surface area contributed by atoms with Crippen molar-refractivity contribution in [2.45, 2.75) is 5.22 Å². The summed E-state index contributed by atoms with van der Waals surface area (Å²) in [7, 11) is 0. The Hall–Kier alpha value is -3.57. The number of carbonyl (C=O) groups is 1. The van der Waals surface area contributed by atoms with Crippen molar-refractivity contribution in [3.63, 3.8) is 0 Å². The Labute approximate surface area is 178 Å². The van der Waals surface area contributed by atoms with Crippen LogP contribution < -0.4 is 5.32 Å². The molecule has 1 N–H and O–H groups in total. The lowest BCUT2D eigenvalue weighted by Gasteiger charge is -1.99. The molecule has 0 spiro atoms. The molecule has 4 rings (SSSR count). The summed E-state index contributed by atoms with van der Waals surface area (Å²) in [6.45, 7) is 0. The van der Waals surface area contributed by atoms with Gasteiger partial charge >= 0.3 is 0 Å². The second-order valence-electron chi connectivity index (χ2n) is 5.92. The molecule has 0 saturated heterocycles. The highest BCUT2D eigenvalue weighted by atomic mass is 32.2. The first-order valence-corrected chi connectivity index (χ1v) is 10.5. The smallest absolute Gasteiger partial charge is 0.277 e. The first-order valence-electron chi connectivity index (χ1n) is 8.60. The summed E-state index contributed by atoms with van der Waals surface area (Å²) in [4.78, 5) is 26.8. The van der Waals surface area contributed by atoms with Gasteiger partial charge in [0.2, 0.25) is 11.8 Å². The minimum Gasteiger partial charge on any atom is -0.411 e. The van der Waals surface area contributed by atoms with Crippen LogP contribution in [0.15, 0.2) is 69.6 Å². The zero-order chi connectivity index (χ0) is 20.9. The van der Waals surface area contributed by atoms with Crippen LogP contribution in [0, 0.1) is 10.1 Å². The molecule has 2 aromatic carbocycles. The molecule has 9 nitrogen and oxygen atoms in total. The first kappa shape index (κ1) is 19.7. The summed E-state index contributed by atoms with van der Waals surface area (Å²) in [5.74, 6) is 0.221. The minimum absolute atomic E-state index is 0.0102. The first-order chi connectivity index (χ1) is 14.6. The summed E-state index contributed by atoms with van der Waals surface area (Å²) >= 11 is 2.40. The van der Waals surface area contributed by atoms with Crippen LogP contribution in [0.5, 0.6) is 0 Å². The molecule has 0 atom stereocenters. The van der Waals surface area contributed by atoms with E-state index in [1.165, 1.54) is 23.5 Å². The van der Waals surface area contributed by atoms with Gasteiger partial charge in [0.05, 0.1) is 16.4 Å². The van der Waals surface area contributed by atoms with Gasteiger partial charge in [-0.3, -0.25) is 14.9 Å². The lowest BCUT2D eigenvalue weighted by Crippen LogP contribution is -2.13. The largest absolute Gasteiger partial charge is 0.411 e. The Morgan fingerprint density at radius 1 is 1.10 bits per heavy atom. The topological polar surface area (TPSA) is 124 Å². The number of aromatic nitrogens is 3. The van der Waals surface area contributed by atoms with Gasteiger partial charge in [0.15, 0.2) is 5.13 Å². The number of benzene rings is 2. The number of nitro benzene ring substituents is 1. The summed E-state index contributed by atoms with van der Waals surface area (Å²) in [5.41, 5.74) is 2.17. The average molecular weight is 439 g/mol. The quantitative estimate of drug-likeness (QED) is 0.254. The Balaban J connectivity index is 1.33. The molecule has 30 heavy (non-hydrogen) atoms. The van der Waals surface area contributed by atoms with E-state index >= 15 is 0 Å². The highest BCUT2D eigenvalue weighted by Gasteiger charge is 2.13. The molecule has 2 aromatic heterocycles. The molecule has 4 aromatic rings. The highest BCUT2D eigenvalue weighted by Crippen LogP contribution is 2.27. The number of non-ortho nitro benzene ring substituents is 1. The molecule has 0 unspecified atom stereocenters. The normalized spacial score (nSPS) is 10.7. The number of thioether (sulfide) groups is 1. The van der Waals surface area contributed by atoms with Crippen LogP contribution in [0.2, 0.25) is 0 Å². The maximum absolute atomic E-state index is 12.2. The van der Waals surface area contributed by atoms with Gasteiger partial charge in [-0.2, -0.15) is 0 Å². The van der Waals surface area contributed by atoms with E-state index in [-0.39, 0.29) is 17.3 Å². The molecule has 0 aliphatic carbocycles.